The van der Waals surface area contributed by atoms with Crippen LogP contribution in [0.5, 0.6) is 0 Å². The minimum atomic E-state index is -0.211. The number of amides is 2. The molecule has 24 heavy (non-hydrogen) atoms. The summed E-state index contributed by atoms with van der Waals surface area (Å²) in [6, 6.07) is 0. The van der Waals surface area contributed by atoms with Crippen LogP contribution >= 0.6 is 0 Å². The summed E-state index contributed by atoms with van der Waals surface area (Å²) in [4.78, 5) is 30.5. The van der Waals surface area contributed by atoms with Crippen molar-refractivity contribution in [3.63, 3.8) is 0 Å². The van der Waals surface area contributed by atoms with Crippen LogP contribution in [0.4, 0.5) is 0 Å². The Morgan fingerprint density at radius 3 is 2.04 bits per heavy atom. The van der Waals surface area contributed by atoms with Gasteiger partial charge in [0, 0.05) is 44.8 Å². The number of aliphatic hydroxyl groups is 1. The Labute approximate surface area is 145 Å². The van der Waals surface area contributed by atoms with Crippen LogP contribution in [0.1, 0.15) is 33.6 Å². The molecule has 0 saturated carbocycles. The van der Waals surface area contributed by atoms with Crippen molar-refractivity contribution in [1.82, 2.24) is 20.0 Å². The minimum Gasteiger partial charge on any atom is -0.393 e. The highest BCUT2D eigenvalue weighted by Crippen LogP contribution is 2.11. The number of rotatable bonds is 4. The van der Waals surface area contributed by atoms with E-state index >= 15 is 0 Å². The molecule has 138 valence electrons. The quantitative estimate of drug-likeness (QED) is 0.722. The summed E-state index contributed by atoms with van der Waals surface area (Å²) in [6.45, 7) is 11.2. The SMILES string of the molecule is CC(C)(C)NC(=O)CN1CCN(C(=O)CN2CCC(O)CC2)CC1. The highest BCUT2D eigenvalue weighted by Gasteiger charge is 2.26. The normalized spacial score (nSPS) is 21.8. The van der Waals surface area contributed by atoms with Gasteiger partial charge in [0.2, 0.25) is 11.8 Å². The number of nitrogens with zero attached hydrogens (tertiary/aromatic N) is 3. The molecule has 0 aromatic heterocycles. The standard InChI is InChI=1S/C17H32N4O3/c1-17(2,3)18-15(23)12-20-8-10-21(11-9-20)16(24)13-19-6-4-14(22)5-7-19/h14,22H,4-13H2,1-3H3,(H,18,23). The van der Waals surface area contributed by atoms with Crippen LogP contribution in [0, 0.1) is 0 Å². The molecule has 2 N–H and O–H groups in total. The molecule has 2 rings (SSSR count). The van der Waals surface area contributed by atoms with Gasteiger partial charge in [0.25, 0.3) is 0 Å². The molecule has 0 unspecified atom stereocenters. The average molecular weight is 340 g/mol. The van der Waals surface area contributed by atoms with E-state index in [0.29, 0.717) is 26.2 Å². The number of nitrogens with one attached hydrogen (secondary N) is 1. The Balaban J connectivity index is 1.68. The van der Waals surface area contributed by atoms with Gasteiger partial charge in [0.15, 0.2) is 0 Å². The molecule has 2 amide bonds. The molecule has 2 aliphatic rings. The highest BCUT2D eigenvalue weighted by atomic mass is 16.3. The largest absolute Gasteiger partial charge is 0.393 e. The predicted molar refractivity (Wildman–Crippen MR) is 92.6 cm³/mol. The molecule has 2 saturated heterocycles. The van der Waals surface area contributed by atoms with E-state index in [4.69, 9.17) is 0 Å². The van der Waals surface area contributed by atoms with Gasteiger partial charge in [-0.3, -0.25) is 19.4 Å². The third-order valence-corrected chi connectivity index (χ3v) is 4.52. The maximum atomic E-state index is 12.4. The third-order valence-electron chi connectivity index (χ3n) is 4.52. The van der Waals surface area contributed by atoms with Gasteiger partial charge >= 0.3 is 0 Å². The summed E-state index contributed by atoms with van der Waals surface area (Å²) < 4.78 is 0. The molecule has 0 aliphatic carbocycles. The van der Waals surface area contributed by atoms with Crippen LogP contribution in [-0.4, -0.2) is 95.6 Å². The number of hydrogen-bond acceptors (Lipinski definition) is 5. The van der Waals surface area contributed by atoms with Gasteiger partial charge in [-0.1, -0.05) is 0 Å². The number of carbonyl (C=O) groups is 2. The highest BCUT2D eigenvalue weighted by molar-refractivity contribution is 5.79. The maximum Gasteiger partial charge on any atom is 0.236 e. The van der Waals surface area contributed by atoms with Crippen molar-refractivity contribution in [2.24, 2.45) is 0 Å². The van der Waals surface area contributed by atoms with E-state index < -0.39 is 0 Å². The predicted octanol–water partition coefficient (Wildman–Crippen LogP) is -0.498. The lowest BCUT2D eigenvalue weighted by Crippen LogP contribution is -2.54. The van der Waals surface area contributed by atoms with Gasteiger partial charge in [0.1, 0.15) is 0 Å². The van der Waals surface area contributed by atoms with Crippen molar-refractivity contribution in [2.75, 3.05) is 52.4 Å². The van der Waals surface area contributed by atoms with Gasteiger partial charge in [-0.15, -0.1) is 0 Å². The molecule has 0 spiro atoms. The molecule has 0 bridgehead atoms. The molecule has 7 nitrogen and oxygen atoms in total. The van der Waals surface area contributed by atoms with Crippen LogP contribution in [0.25, 0.3) is 0 Å². The first-order valence-corrected chi connectivity index (χ1v) is 8.94. The summed E-state index contributed by atoms with van der Waals surface area (Å²) in [5.74, 6) is 0.194. The van der Waals surface area contributed by atoms with Crippen molar-refractivity contribution in [1.29, 1.82) is 0 Å². The lowest BCUT2D eigenvalue weighted by molar-refractivity contribution is -0.135. The number of piperidine rings is 1. The van der Waals surface area contributed by atoms with E-state index in [1.54, 1.807) is 0 Å². The summed E-state index contributed by atoms with van der Waals surface area (Å²) in [5, 5.41) is 12.5. The molecule has 0 aromatic carbocycles. The van der Waals surface area contributed by atoms with Gasteiger partial charge < -0.3 is 15.3 Å². The van der Waals surface area contributed by atoms with Crippen LogP contribution in [0.3, 0.4) is 0 Å². The Kier molecular flexibility index (Phi) is 6.60. The number of likely N-dealkylation sites (tertiary alicyclic amines) is 1. The Morgan fingerprint density at radius 1 is 0.958 bits per heavy atom. The molecule has 0 atom stereocenters. The molecular weight excluding hydrogens is 308 g/mol. The van der Waals surface area contributed by atoms with Crippen molar-refractivity contribution in [3.05, 3.63) is 0 Å². The van der Waals surface area contributed by atoms with Crippen LogP contribution in [0.15, 0.2) is 0 Å². The van der Waals surface area contributed by atoms with Crippen molar-refractivity contribution < 1.29 is 14.7 Å². The fraction of sp³-hybridized carbons (Fsp3) is 0.882. The van der Waals surface area contributed by atoms with Crippen LogP contribution in [-0.2, 0) is 9.59 Å². The minimum absolute atomic E-state index is 0.0363. The number of piperazine rings is 1. The topological polar surface area (TPSA) is 76.1 Å². The molecule has 2 fully saturated rings. The van der Waals surface area contributed by atoms with Gasteiger partial charge in [-0.2, -0.15) is 0 Å². The number of hydrogen-bond donors (Lipinski definition) is 2. The smallest absolute Gasteiger partial charge is 0.236 e. The first-order chi connectivity index (χ1) is 11.2. The first kappa shape index (κ1) is 19.1. The molecule has 7 heteroatoms. The molecule has 0 radical (unpaired) electrons. The molecule has 0 aromatic rings. The lowest BCUT2D eigenvalue weighted by Gasteiger charge is -2.36. The molecular formula is C17H32N4O3. The second kappa shape index (κ2) is 8.27. The zero-order valence-electron chi connectivity index (χ0n) is 15.3. The van der Waals surface area contributed by atoms with Crippen molar-refractivity contribution in [2.45, 2.75) is 45.3 Å². The van der Waals surface area contributed by atoms with E-state index in [1.807, 2.05) is 25.7 Å². The summed E-state index contributed by atoms with van der Waals surface area (Å²) in [7, 11) is 0. The number of carbonyl (C=O) groups excluding carboxylic acids is 2. The van der Waals surface area contributed by atoms with Crippen LogP contribution in [0.2, 0.25) is 0 Å². The van der Waals surface area contributed by atoms with Crippen LogP contribution < -0.4 is 5.32 Å². The monoisotopic (exact) mass is 340 g/mol. The third kappa shape index (κ3) is 6.37. The summed E-state index contributed by atoms with van der Waals surface area (Å²) >= 11 is 0. The summed E-state index contributed by atoms with van der Waals surface area (Å²) in [6.07, 6.45) is 1.30. The zero-order valence-corrected chi connectivity index (χ0v) is 15.3. The van der Waals surface area contributed by atoms with Gasteiger partial charge in [-0.05, 0) is 33.6 Å². The fourth-order valence-electron chi connectivity index (χ4n) is 3.18. The van der Waals surface area contributed by atoms with E-state index in [9.17, 15) is 14.7 Å². The summed E-state index contributed by atoms with van der Waals surface area (Å²) in [5.41, 5.74) is -0.211. The molecule has 2 aliphatic heterocycles. The van der Waals surface area contributed by atoms with E-state index in [1.165, 1.54) is 0 Å². The zero-order chi connectivity index (χ0) is 17.7. The first-order valence-electron chi connectivity index (χ1n) is 8.94. The maximum absolute atomic E-state index is 12.4. The van der Waals surface area contributed by atoms with Gasteiger partial charge in [-0.25, -0.2) is 0 Å². The Morgan fingerprint density at radius 2 is 1.50 bits per heavy atom. The lowest BCUT2D eigenvalue weighted by atomic mass is 10.1. The number of aliphatic hydroxyl groups excluding tert-OH is 1. The van der Waals surface area contributed by atoms with Crippen molar-refractivity contribution in [3.8, 4) is 0 Å². The van der Waals surface area contributed by atoms with E-state index in [2.05, 4.69) is 15.1 Å². The second-order valence-electron chi connectivity index (χ2n) is 7.96. The van der Waals surface area contributed by atoms with Crippen molar-refractivity contribution >= 4 is 11.8 Å². The molecule has 2 heterocycles. The Hall–Kier alpha value is -1.18. The Bertz CT molecular complexity index is 434. The van der Waals surface area contributed by atoms with E-state index in [0.717, 1.165) is 39.0 Å². The second-order valence-corrected chi connectivity index (χ2v) is 7.96. The fourth-order valence-corrected chi connectivity index (χ4v) is 3.18. The average Bonchev–Trinajstić information content (AvgIpc) is 2.48. The van der Waals surface area contributed by atoms with E-state index in [-0.39, 0.29) is 23.5 Å². The van der Waals surface area contributed by atoms with Gasteiger partial charge in [0.05, 0.1) is 19.2 Å².